The van der Waals surface area contributed by atoms with Gasteiger partial charge >= 0.3 is 5.97 Å². The molecule has 1 rings (SSSR count). The van der Waals surface area contributed by atoms with Crippen LogP contribution in [0.15, 0.2) is 24.3 Å². The van der Waals surface area contributed by atoms with Gasteiger partial charge in [-0.25, -0.2) is 4.79 Å². The molecule has 0 saturated heterocycles. The number of carboxylic acids is 1. The van der Waals surface area contributed by atoms with Crippen molar-refractivity contribution < 1.29 is 14.6 Å². The number of nitrogens with zero attached hydrogens (tertiary/aromatic N) is 2. The third-order valence-electron chi connectivity index (χ3n) is 2.45. The number of rotatable bonds is 7. The SMILES string of the molecule is CN(CCC#N)CCOc1ccc(C(=O)O)cc1. The molecule has 0 saturated carbocycles. The van der Waals surface area contributed by atoms with Gasteiger partial charge in [-0.15, -0.1) is 0 Å². The van der Waals surface area contributed by atoms with E-state index in [1.807, 2.05) is 11.9 Å². The van der Waals surface area contributed by atoms with E-state index in [0.717, 1.165) is 13.1 Å². The summed E-state index contributed by atoms with van der Waals surface area (Å²) < 4.78 is 5.47. The van der Waals surface area contributed by atoms with Gasteiger partial charge in [-0.05, 0) is 31.3 Å². The molecule has 1 aromatic rings. The highest BCUT2D eigenvalue weighted by molar-refractivity contribution is 5.87. The first-order valence-electron chi connectivity index (χ1n) is 5.65. The monoisotopic (exact) mass is 248 g/mol. The molecule has 1 N–H and O–H groups in total. The minimum Gasteiger partial charge on any atom is -0.492 e. The van der Waals surface area contributed by atoms with Crippen molar-refractivity contribution >= 4 is 5.97 Å². The van der Waals surface area contributed by atoms with Crippen molar-refractivity contribution in [2.45, 2.75) is 6.42 Å². The first-order valence-corrected chi connectivity index (χ1v) is 5.65. The minimum atomic E-state index is -0.946. The Kier molecular flexibility index (Phi) is 5.68. The smallest absolute Gasteiger partial charge is 0.335 e. The molecular formula is C13H16N2O3. The molecule has 0 aliphatic carbocycles. The highest BCUT2D eigenvalue weighted by Crippen LogP contribution is 2.11. The summed E-state index contributed by atoms with van der Waals surface area (Å²) in [5, 5.41) is 17.2. The second-order valence-corrected chi connectivity index (χ2v) is 3.89. The van der Waals surface area contributed by atoms with Crippen LogP contribution < -0.4 is 4.74 Å². The molecule has 5 heteroatoms. The normalized spacial score (nSPS) is 10.1. The van der Waals surface area contributed by atoms with Crippen molar-refractivity contribution in [3.05, 3.63) is 29.8 Å². The molecule has 0 aromatic heterocycles. The van der Waals surface area contributed by atoms with Gasteiger partial charge in [-0.1, -0.05) is 0 Å². The largest absolute Gasteiger partial charge is 0.492 e. The van der Waals surface area contributed by atoms with Crippen LogP contribution in [0.3, 0.4) is 0 Å². The summed E-state index contributed by atoms with van der Waals surface area (Å²) in [6, 6.07) is 8.38. The lowest BCUT2D eigenvalue weighted by molar-refractivity contribution is 0.0697. The van der Waals surface area contributed by atoms with Gasteiger partial charge in [-0.2, -0.15) is 5.26 Å². The Labute approximate surface area is 106 Å². The quantitative estimate of drug-likeness (QED) is 0.793. The number of likely N-dealkylation sites (N-methyl/N-ethyl adjacent to an activating group) is 1. The molecule has 0 heterocycles. The van der Waals surface area contributed by atoms with E-state index in [2.05, 4.69) is 6.07 Å². The summed E-state index contributed by atoms with van der Waals surface area (Å²) in [5.41, 5.74) is 0.244. The molecule has 1 aromatic carbocycles. The second-order valence-electron chi connectivity index (χ2n) is 3.89. The molecule has 0 radical (unpaired) electrons. The van der Waals surface area contributed by atoms with Gasteiger partial charge in [0.1, 0.15) is 12.4 Å². The molecule has 0 amide bonds. The maximum absolute atomic E-state index is 10.6. The summed E-state index contributed by atoms with van der Waals surface area (Å²) in [7, 11) is 1.92. The van der Waals surface area contributed by atoms with Crippen LogP contribution in [0.2, 0.25) is 0 Å². The average Bonchev–Trinajstić information content (AvgIpc) is 2.37. The molecule has 0 aliphatic rings. The molecular weight excluding hydrogens is 232 g/mol. The maximum Gasteiger partial charge on any atom is 0.335 e. The van der Waals surface area contributed by atoms with Gasteiger partial charge < -0.3 is 14.7 Å². The summed E-state index contributed by atoms with van der Waals surface area (Å²) >= 11 is 0. The Hall–Kier alpha value is -2.06. The minimum absolute atomic E-state index is 0.244. The van der Waals surface area contributed by atoms with E-state index in [0.29, 0.717) is 18.8 Å². The fourth-order valence-corrected chi connectivity index (χ4v) is 1.37. The van der Waals surface area contributed by atoms with Crippen molar-refractivity contribution in [2.24, 2.45) is 0 Å². The third-order valence-corrected chi connectivity index (χ3v) is 2.45. The Morgan fingerprint density at radius 1 is 1.39 bits per heavy atom. The Bertz CT molecular complexity index is 423. The van der Waals surface area contributed by atoms with Crippen LogP contribution in [0.25, 0.3) is 0 Å². The van der Waals surface area contributed by atoms with Gasteiger partial charge in [0.05, 0.1) is 11.6 Å². The average molecular weight is 248 g/mol. The van der Waals surface area contributed by atoms with E-state index in [1.54, 1.807) is 12.1 Å². The summed E-state index contributed by atoms with van der Waals surface area (Å²) in [4.78, 5) is 12.7. The van der Waals surface area contributed by atoms with Crippen LogP contribution in [-0.2, 0) is 0 Å². The highest BCUT2D eigenvalue weighted by atomic mass is 16.5. The number of carboxylic acid groups (broad SMARTS) is 1. The van der Waals surface area contributed by atoms with Crippen molar-refractivity contribution in [1.29, 1.82) is 5.26 Å². The van der Waals surface area contributed by atoms with E-state index < -0.39 is 5.97 Å². The fraction of sp³-hybridized carbons (Fsp3) is 0.385. The van der Waals surface area contributed by atoms with Crippen LogP contribution in [0, 0.1) is 11.3 Å². The van der Waals surface area contributed by atoms with Crippen molar-refractivity contribution in [3.63, 3.8) is 0 Å². The summed E-state index contributed by atoms with van der Waals surface area (Å²) in [6.45, 7) is 1.95. The highest BCUT2D eigenvalue weighted by Gasteiger charge is 2.02. The second kappa shape index (κ2) is 7.30. The van der Waals surface area contributed by atoms with Gasteiger partial charge in [0.2, 0.25) is 0 Å². The lowest BCUT2D eigenvalue weighted by atomic mass is 10.2. The van der Waals surface area contributed by atoms with Crippen LogP contribution >= 0.6 is 0 Å². The van der Waals surface area contributed by atoms with Crippen LogP contribution in [0.5, 0.6) is 5.75 Å². The first-order chi connectivity index (χ1) is 8.63. The molecule has 18 heavy (non-hydrogen) atoms. The molecule has 5 nitrogen and oxygen atoms in total. The van der Waals surface area contributed by atoms with E-state index in [9.17, 15) is 4.79 Å². The predicted molar refractivity (Wildman–Crippen MR) is 66.6 cm³/mol. The zero-order valence-electron chi connectivity index (χ0n) is 10.3. The lowest BCUT2D eigenvalue weighted by Crippen LogP contribution is -2.25. The number of nitriles is 1. The van der Waals surface area contributed by atoms with Crippen LogP contribution in [-0.4, -0.2) is 42.7 Å². The first kappa shape index (κ1) is 14.0. The van der Waals surface area contributed by atoms with Crippen molar-refractivity contribution in [3.8, 4) is 11.8 Å². The molecule has 0 bridgehead atoms. The zero-order valence-corrected chi connectivity index (χ0v) is 10.3. The summed E-state index contributed by atoms with van der Waals surface area (Å²) in [6.07, 6.45) is 0.504. The van der Waals surface area contributed by atoms with Crippen molar-refractivity contribution in [1.82, 2.24) is 4.90 Å². The topological polar surface area (TPSA) is 73.6 Å². The van der Waals surface area contributed by atoms with E-state index in [4.69, 9.17) is 15.1 Å². The van der Waals surface area contributed by atoms with Gasteiger partial charge in [0, 0.05) is 19.5 Å². The van der Waals surface area contributed by atoms with E-state index in [1.165, 1.54) is 12.1 Å². The predicted octanol–water partition coefficient (Wildman–Crippen LogP) is 1.61. The molecule has 0 unspecified atom stereocenters. The van der Waals surface area contributed by atoms with Gasteiger partial charge in [-0.3, -0.25) is 0 Å². The number of hydrogen-bond acceptors (Lipinski definition) is 4. The summed E-state index contributed by atoms with van der Waals surface area (Å²) in [5.74, 6) is -0.300. The number of ether oxygens (including phenoxy) is 1. The number of hydrogen-bond donors (Lipinski definition) is 1. The molecule has 96 valence electrons. The lowest BCUT2D eigenvalue weighted by Gasteiger charge is -2.15. The number of benzene rings is 1. The van der Waals surface area contributed by atoms with Gasteiger partial charge in [0.15, 0.2) is 0 Å². The van der Waals surface area contributed by atoms with E-state index in [-0.39, 0.29) is 5.56 Å². The molecule has 0 spiro atoms. The van der Waals surface area contributed by atoms with Crippen molar-refractivity contribution in [2.75, 3.05) is 26.7 Å². The zero-order chi connectivity index (χ0) is 13.4. The maximum atomic E-state index is 10.6. The van der Waals surface area contributed by atoms with E-state index >= 15 is 0 Å². The fourth-order valence-electron chi connectivity index (χ4n) is 1.37. The molecule has 0 fully saturated rings. The Morgan fingerprint density at radius 3 is 2.61 bits per heavy atom. The van der Waals surface area contributed by atoms with Crippen LogP contribution in [0.4, 0.5) is 0 Å². The number of carbonyl (C=O) groups is 1. The molecule has 0 atom stereocenters. The van der Waals surface area contributed by atoms with Gasteiger partial charge in [0.25, 0.3) is 0 Å². The molecule has 0 aliphatic heterocycles. The third kappa shape index (κ3) is 4.85. The van der Waals surface area contributed by atoms with Crippen LogP contribution in [0.1, 0.15) is 16.8 Å². The Morgan fingerprint density at radius 2 is 2.06 bits per heavy atom. The Balaban J connectivity index is 2.31. The number of aromatic carboxylic acids is 1. The standard InChI is InChI=1S/C13H16N2O3/c1-15(8-2-7-14)9-10-18-12-5-3-11(4-6-12)13(16)17/h3-6H,2,8-10H2,1H3,(H,16,17).